The molecule has 0 bridgehead atoms. The van der Waals surface area contributed by atoms with Crippen LogP contribution in [-0.2, 0) is 6.42 Å². The molecule has 0 saturated heterocycles. The fraction of sp³-hybridized carbons (Fsp3) is 0.118. The number of rotatable bonds is 2. The monoisotopic (exact) mass is 381 g/mol. The Morgan fingerprint density at radius 1 is 1.00 bits per heavy atom. The van der Waals surface area contributed by atoms with E-state index in [1.54, 1.807) is 0 Å². The second-order valence-electron chi connectivity index (χ2n) is 6.10. The Hall–Kier alpha value is -4.15. The highest BCUT2D eigenvalue weighted by Gasteiger charge is 2.25. The lowest BCUT2D eigenvalue weighted by molar-refractivity contribution is -0.385. The number of nitrogens with one attached hydrogen (secondary N) is 1. The van der Waals surface area contributed by atoms with Crippen molar-refractivity contribution in [3.05, 3.63) is 78.4 Å². The molecule has 2 aromatic carbocycles. The molecule has 2 heterocycles. The summed E-state index contributed by atoms with van der Waals surface area (Å²) in [5.74, 6) is -0.618. The second kappa shape index (κ2) is 6.23. The number of non-ortho nitro benzene ring substituents is 2. The molecule has 1 aliphatic heterocycles. The molecule has 1 aliphatic rings. The normalized spacial score (nSPS) is 13.1. The van der Waals surface area contributed by atoms with Crippen LogP contribution < -0.4 is 10.9 Å². The fourth-order valence-corrected chi connectivity index (χ4v) is 3.12. The second-order valence-corrected chi connectivity index (χ2v) is 6.10. The van der Waals surface area contributed by atoms with Gasteiger partial charge in [0.15, 0.2) is 0 Å². The Balaban J connectivity index is 1.99. The molecular weight excluding hydrogens is 370 g/mol. The predicted octanol–water partition coefficient (Wildman–Crippen LogP) is 1.87. The van der Waals surface area contributed by atoms with Crippen molar-refractivity contribution in [2.24, 2.45) is 0 Å². The van der Waals surface area contributed by atoms with Gasteiger partial charge in [-0.1, -0.05) is 0 Å². The minimum Gasteiger partial charge on any atom is -0.384 e. The number of benzene rings is 2. The lowest BCUT2D eigenvalue weighted by Crippen LogP contribution is -2.34. The van der Waals surface area contributed by atoms with Gasteiger partial charge in [0, 0.05) is 42.9 Å². The highest BCUT2D eigenvalue weighted by Crippen LogP contribution is 2.25. The summed E-state index contributed by atoms with van der Waals surface area (Å²) in [7, 11) is 0. The maximum absolute atomic E-state index is 13.1. The molecule has 3 aromatic rings. The van der Waals surface area contributed by atoms with E-state index >= 15 is 0 Å². The van der Waals surface area contributed by atoms with Crippen molar-refractivity contribution in [3.63, 3.8) is 0 Å². The summed E-state index contributed by atoms with van der Waals surface area (Å²) in [4.78, 5) is 51.1. The zero-order chi connectivity index (χ0) is 20.0. The topological polar surface area (TPSA) is 150 Å². The Labute approximate surface area is 155 Å². The molecule has 0 aliphatic carbocycles. The first-order valence-corrected chi connectivity index (χ1v) is 8.14. The molecule has 0 unspecified atom stereocenters. The van der Waals surface area contributed by atoms with Crippen molar-refractivity contribution < 1.29 is 14.6 Å². The van der Waals surface area contributed by atoms with E-state index in [0.29, 0.717) is 12.2 Å². The number of hydrogen-bond donors (Lipinski definition) is 1. The van der Waals surface area contributed by atoms with Crippen molar-refractivity contribution in [1.29, 1.82) is 0 Å². The van der Waals surface area contributed by atoms with Crippen LogP contribution in [0.4, 0.5) is 17.1 Å². The molecule has 11 heteroatoms. The maximum atomic E-state index is 13.1. The van der Waals surface area contributed by atoms with E-state index in [4.69, 9.17) is 0 Å². The number of hydrogen-bond acceptors (Lipinski definition) is 8. The van der Waals surface area contributed by atoms with E-state index in [9.17, 15) is 29.8 Å². The smallest absolute Gasteiger partial charge is 0.270 e. The Morgan fingerprint density at radius 2 is 1.68 bits per heavy atom. The number of carbonyl (C=O) groups excluding carboxylic acids is 1. The van der Waals surface area contributed by atoms with Crippen molar-refractivity contribution in [3.8, 4) is 0 Å². The minimum atomic E-state index is -0.785. The molecule has 0 saturated carbocycles. The van der Waals surface area contributed by atoms with Gasteiger partial charge in [-0.25, -0.2) is 9.55 Å². The summed E-state index contributed by atoms with van der Waals surface area (Å²) in [6.45, 7) is 0.336. The Bertz CT molecular complexity index is 1250. The van der Waals surface area contributed by atoms with E-state index < -0.39 is 21.3 Å². The van der Waals surface area contributed by atoms with Gasteiger partial charge in [0.05, 0.1) is 26.3 Å². The number of fused-ring (bicyclic) bond motifs is 3. The first kappa shape index (κ1) is 17.3. The standard InChI is InChI=1S/C17H11N5O6/c23-16-11-7-9(21(25)26)1-3-13(11)18-6-5-15-19-14-4-2-10(22(27)28)8-12(14)17(24)20(15)16/h1-4,7-8,18H,5-6H2. The number of anilines is 1. The van der Waals surface area contributed by atoms with Crippen molar-refractivity contribution in [2.45, 2.75) is 6.42 Å². The third kappa shape index (κ3) is 2.65. The SMILES string of the molecule is O=C1c2cc([N+](=O)[O-])ccc2NCCc2nc3ccc([N+](=O)[O-])cc3c(=O)n21. The maximum Gasteiger partial charge on any atom is 0.270 e. The predicted molar refractivity (Wildman–Crippen MR) is 97.7 cm³/mol. The summed E-state index contributed by atoms with van der Waals surface area (Å²) in [5, 5.41) is 25.0. The minimum absolute atomic E-state index is 0.0520. The first-order chi connectivity index (χ1) is 13.4. The van der Waals surface area contributed by atoms with Crippen LogP contribution in [0, 0.1) is 20.2 Å². The van der Waals surface area contributed by atoms with Crippen LogP contribution in [-0.4, -0.2) is 31.8 Å². The van der Waals surface area contributed by atoms with Crippen LogP contribution in [0.15, 0.2) is 41.2 Å². The van der Waals surface area contributed by atoms with Crippen LogP contribution in [0.25, 0.3) is 10.9 Å². The number of nitro groups is 2. The van der Waals surface area contributed by atoms with Gasteiger partial charge in [0.2, 0.25) is 0 Å². The van der Waals surface area contributed by atoms with Gasteiger partial charge in [-0.2, -0.15) is 0 Å². The van der Waals surface area contributed by atoms with Gasteiger partial charge >= 0.3 is 0 Å². The summed E-state index contributed by atoms with van der Waals surface area (Å²) >= 11 is 0. The molecule has 28 heavy (non-hydrogen) atoms. The average Bonchev–Trinajstić information content (AvgIpc) is 2.66. The van der Waals surface area contributed by atoms with Gasteiger partial charge in [-0.15, -0.1) is 0 Å². The number of carbonyl (C=O) groups is 1. The molecule has 1 N–H and O–H groups in total. The van der Waals surface area contributed by atoms with E-state index in [2.05, 4.69) is 10.3 Å². The van der Waals surface area contributed by atoms with Gasteiger partial charge < -0.3 is 5.32 Å². The Kier molecular flexibility index (Phi) is 3.84. The van der Waals surface area contributed by atoms with E-state index in [1.165, 1.54) is 24.3 Å². The largest absolute Gasteiger partial charge is 0.384 e. The molecule has 0 radical (unpaired) electrons. The number of nitro benzene ring substituents is 2. The molecule has 0 amide bonds. The molecule has 11 nitrogen and oxygen atoms in total. The zero-order valence-electron chi connectivity index (χ0n) is 14.1. The van der Waals surface area contributed by atoms with Crippen LogP contribution in [0.1, 0.15) is 16.2 Å². The van der Waals surface area contributed by atoms with Gasteiger partial charge in [0.25, 0.3) is 22.8 Å². The lowest BCUT2D eigenvalue weighted by Gasteiger charge is -2.18. The molecule has 0 spiro atoms. The van der Waals surface area contributed by atoms with Crippen molar-refractivity contribution in [1.82, 2.24) is 9.55 Å². The third-order valence-electron chi connectivity index (χ3n) is 4.44. The van der Waals surface area contributed by atoms with Gasteiger partial charge in [-0.05, 0) is 12.1 Å². The first-order valence-electron chi connectivity index (χ1n) is 8.14. The van der Waals surface area contributed by atoms with Gasteiger partial charge in [-0.3, -0.25) is 29.8 Å². The third-order valence-corrected chi connectivity index (χ3v) is 4.44. The lowest BCUT2D eigenvalue weighted by atomic mass is 10.1. The summed E-state index contributed by atoms with van der Waals surface area (Å²) in [6.07, 6.45) is 0.240. The van der Waals surface area contributed by atoms with Gasteiger partial charge in [0.1, 0.15) is 5.82 Å². The fourth-order valence-electron chi connectivity index (χ4n) is 3.12. The summed E-state index contributed by atoms with van der Waals surface area (Å²) in [6, 6.07) is 7.40. The van der Waals surface area contributed by atoms with Crippen LogP contribution in [0.5, 0.6) is 0 Å². The highest BCUT2D eigenvalue weighted by molar-refractivity contribution is 6.03. The molecule has 140 valence electrons. The quantitative estimate of drug-likeness (QED) is 0.522. The number of aromatic nitrogens is 2. The van der Waals surface area contributed by atoms with Crippen molar-refractivity contribution >= 4 is 33.9 Å². The van der Waals surface area contributed by atoms with E-state index in [-0.39, 0.29) is 40.1 Å². The molecule has 0 fully saturated rings. The Morgan fingerprint density at radius 3 is 2.39 bits per heavy atom. The summed E-state index contributed by atoms with van der Waals surface area (Å²) < 4.78 is 0.829. The van der Waals surface area contributed by atoms with Crippen LogP contribution in [0.2, 0.25) is 0 Å². The highest BCUT2D eigenvalue weighted by atomic mass is 16.6. The number of nitrogens with zero attached hydrogens (tertiary/aromatic N) is 4. The van der Waals surface area contributed by atoms with Crippen LogP contribution >= 0.6 is 0 Å². The van der Waals surface area contributed by atoms with E-state index in [1.807, 2.05) is 0 Å². The van der Waals surface area contributed by atoms with Crippen molar-refractivity contribution in [2.75, 3.05) is 11.9 Å². The summed E-state index contributed by atoms with van der Waals surface area (Å²) in [5.41, 5.74) is -0.824. The molecule has 4 rings (SSSR count). The molecule has 0 atom stereocenters. The molecule has 1 aromatic heterocycles. The van der Waals surface area contributed by atoms with E-state index in [0.717, 1.165) is 16.7 Å². The average molecular weight is 381 g/mol. The molecular formula is C17H11N5O6. The van der Waals surface area contributed by atoms with Crippen LogP contribution in [0.3, 0.4) is 0 Å². The zero-order valence-corrected chi connectivity index (χ0v) is 14.1.